The van der Waals surface area contributed by atoms with Gasteiger partial charge in [-0.15, -0.1) is 0 Å². The molecule has 0 aromatic heterocycles. The second-order valence-electron chi connectivity index (χ2n) is 4.47. The number of benzene rings is 1. The van der Waals surface area contributed by atoms with Crippen LogP contribution in [0.5, 0.6) is 0 Å². The molecule has 1 aromatic carbocycles. The van der Waals surface area contributed by atoms with E-state index in [1.54, 1.807) is 0 Å². The second-order valence-corrected chi connectivity index (χ2v) is 5.29. The minimum Gasteiger partial charge on any atom is -0.370 e. The van der Waals surface area contributed by atoms with E-state index in [-0.39, 0.29) is 11.4 Å². The molecule has 1 aliphatic rings. The number of guanidine groups is 1. The number of aliphatic imine (C=N–C) groups is 1. The van der Waals surface area contributed by atoms with Gasteiger partial charge in [0.1, 0.15) is 0 Å². The van der Waals surface area contributed by atoms with E-state index in [0.717, 1.165) is 24.8 Å². The SMILES string of the molecule is NC(N)=NCC1(c2c(Cl)cccc2Cl)CCC1. The molecular weight excluding hydrogens is 257 g/mol. The lowest BCUT2D eigenvalue weighted by Crippen LogP contribution is -2.39. The predicted molar refractivity (Wildman–Crippen MR) is 72.7 cm³/mol. The van der Waals surface area contributed by atoms with Gasteiger partial charge < -0.3 is 11.5 Å². The van der Waals surface area contributed by atoms with Gasteiger partial charge in [-0.3, -0.25) is 4.99 Å². The van der Waals surface area contributed by atoms with E-state index < -0.39 is 0 Å². The van der Waals surface area contributed by atoms with E-state index in [2.05, 4.69) is 4.99 Å². The van der Waals surface area contributed by atoms with Crippen LogP contribution in [-0.4, -0.2) is 12.5 Å². The fourth-order valence-corrected chi connectivity index (χ4v) is 3.14. The number of nitrogens with two attached hydrogens (primary N) is 2. The minimum atomic E-state index is -0.0839. The highest BCUT2D eigenvalue weighted by molar-refractivity contribution is 6.36. The fourth-order valence-electron chi connectivity index (χ4n) is 2.34. The molecule has 0 atom stereocenters. The van der Waals surface area contributed by atoms with E-state index in [4.69, 9.17) is 34.7 Å². The largest absolute Gasteiger partial charge is 0.370 e. The number of nitrogens with zero attached hydrogens (tertiary/aromatic N) is 1. The fraction of sp³-hybridized carbons (Fsp3) is 0.417. The van der Waals surface area contributed by atoms with Crippen LogP contribution < -0.4 is 11.5 Å². The van der Waals surface area contributed by atoms with Crippen molar-refractivity contribution in [2.24, 2.45) is 16.5 Å². The molecule has 1 fully saturated rings. The van der Waals surface area contributed by atoms with Gasteiger partial charge in [-0.1, -0.05) is 35.7 Å². The molecule has 0 amide bonds. The summed E-state index contributed by atoms with van der Waals surface area (Å²) >= 11 is 12.5. The maximum absolute atomic E-state index is 6.25. The van der Waals surface area contributed by atoms with Gasteiger partial charge in [-0.05, 0) is 30.5 Å². The summed E-state index contributed by atoms with van der Waals surface area (Å²) in [4.78, 5) is 4.13. The zero-order chi connectivity index (χ0) is 12.5. The molecule has 0 unspecified atom stereocenters. The van der Waals surface area contributed by atoms with E-state index in [0.29, 0.717) is 16.6 Å². The summed E-state index contributed by atoms with van der Waals surface area (Å²) in [6, 6.07) is 5.57. The van der Waals surface area contributed by atoms with Crippen molar-refractivity contribution >= 4 is 29.2 Å². The molecule has 0 saturated heterocycles. The zero-order valence-corrected chi connectivity index (χ0v) is 10.9. The van der Waals surface area contributed by atoms with Gasteiger partial charge in [0, 0.05) is 15.5 Å². The van der Waals surface area contributed by atoms with Gasteiger partial charge in [0.25, 0.3) is 0 Å². The van der Waals surface area contributed by atoms with Crippen LogP contribution >= 0.6 is 23.2 Å². The Balaban J connectivity index is 2.38. The lowest BCUT2D eigenvalue weighted by Gasteiger charge is -2.42. The molecule has 5 heteroatoms. The number of hydrogen-bond acceptors (Lipinski definition) is 1. The molecule has 1 aromatic rings. The average molecular weight is 272 g/mol. The monoisotopic (exact) mass is 271 g/mol. The van der Waals surface area contributed by atoms with Crippen molar-refractivity contribution in [2.75, 3.05) is 6.54 Å². The van der Waals surface area contributed by atoms with Gasteiger partial charge in [0.2, 0.25) is 0 Å². The first-order valence-electron chi connectivity index (χ1n) is 5.55. The third kappa shape index (κ3) is 2.35. The summed E-state index contributed by atoms with van der Waals surface area (Å²) in [7, 11) is 0. The third-order valence-electron chi connectivity index (χ3n) is 3.37. The minimum absolute atomic E-state index is 0.0839. The Bertz CT molecular complexity index is 429. The van der Waals surface area contributed by atoms with Crippen molar-refractivity contribution in [1.82, 2.24) is 0 Å². The van der Waals surface area contributed by atoms with Gasteiger partial charge >= 0.3 is 0 Å². The van der Waals surface area contributed by atoms with Gasteiger partial charge in [0.15, 0.2) is 5.96 Å². The normalized spacial score (nSPS) is 17.3. The van der Waals surface area contributed by atoms with Crippen LogP contribution in [0.1, 0.15) is 24.8 Å². The Morgan fingerprint density at radius 3 is 2.24 bits per heavy atom. The Morgan fingerprint density at radius 1 is 1.24 bits per heavy atom. The van der Waals surface area contributed by atoms with Gasteiger partial charge in [-0.2, -0.15) is 0 Å². The maximum atomic E-state index is 6.25. The van der Waals surface area contributed by atoms with E-state index in [1.807, 2.05) is 18.2 Å². The van der Waals surface area contributed by atoms with Gasteiger partial charge in [-0.25, -0.2) is 0 Å². The van der Waals surface area contributed by atoms with Crippen molar-refractivity contribution in [1.29, 1.82) is 0 Å². The highest BCUT2D eigenvalue weighted by Gasteiger charge is 2.41. The molecule has 92 valence electrons. The number of halogens is 2. The molecule has 17 heavy (non-hydrogen) atoms. The second kappa shape index (κ2) is 4.75. The molecule has 0 spiro atoms. The molecule has 1 aliphatic carbocycles. The van der Waals surface area contributed by atoms with Crippen molar-refractivity contribution < 1.29 is 0 Å². The standard InChI is InChI=1S/C12H15Cl2N3/c13-8-3-1-4-9(14)10(8)12(5-2-6-12)7-17-11(15)16/h1,3-4H,2,5-7H2,(H4,15,16,17). The first-order chi connectivity index (χ1) is 8.05. The molecule has 3 nitrogen and oxygen atoms in total. The van der Waals surface area contributed by atoms with Crippen LogP contribution in [0.3, 0.4) is 0 Å². The van der Waals surface area contributed by atoms with Crippen LogP contribution in [0.4, 0.5) is 0 Å². The van der Waals surface area contributed by atoms with E-state index in [1.165, 1.54) is 0 Å². The topological polar surface area (TPSA) is 64.4 Å². The van der Waals surface area contributed by atoms with Crippen LogP contribution in [0.15, 0.2) is 23.2 Å². The first-order valence-corrected chi connectivity index (χ1v) is 6.31. The lowest BCUT2D eigenvalue weighted by atomic mass is 9.64. The van der Waals surface area contributed by atoms with Crippen LogP contribution in [-0.2, 0) is 5.41 Å². The van der Waals surface area contributed by atoms with Crippen molar-refractivity contribution in [3.05, 3.63) is 33.8 Å². The summed E-state index contributed by atoms with van der Waals surface area (Å²) in [5.74, 6) is 0.111. The Labute approximate surface area is 111 Å². The molecule has 0 radical (unpaired) electrons. The Kier molecular flexibility index (Phi) is 3.50. The lowest BCUT2D eigenvalue weighted by molar-refractivity contribution is 0.254. The quantitative estimate of drug-likeness (QED) is 0.656. The molecule has 4 N–H and O–H groups in total. The van der Waals surface area contributed by atoms with Crippen molar-refractivity contribution in [3.63, 3.8) is 0 Å². The smallest absolute Gasteiger partial charge is 0.185 e. The maximum Gasteiger partial charge on any atom is 0.185 e. The van der Waals surface area contributed by atoms with E-state index in [9.17, 15) is 0 Å². The van der Waals surface area contributed by atoms with Crippen LogP contribution in [0, 0.1) is 0 Å². The van der Waals surface area contributed by atoms with E-state index >= 15 is 0 Å². The average Bonchev–Trinajstić information content (AvgIpc) is 2.19. The van der Waals surface area contributed by atoms with Gasteiger partial charge in [0.05, 0.1) is 6.54 Å². The molecule has 1 saturated carbocycles. The zero-order valence-electron chi connectivity index (χ0n) is 9.42. The molecule has 0 heterocycles. The Morgan fingerprint density at radius 2 is 1.82 bits per heavy atom. The summed E-state index contributed by atoms with van der Waals surface area (Å²) in [5, 5.41) is 1.39. The number of rotatable bonds is 3. The number of hydrogen-bond donors (Lipinski definition) is 2. The molecule has 2 rings (SSSR count). The van der Waals surface area contributed by atoms with Crippen molar-refractivity contribution in [3.8, 4) is 0 Å². The Hall–Kier alpha value is -0.930. The summed E-state index contributed by atoms with van der Waals surface area (Å²) in [6.45, 7) is 0.554. The third-order valence-corrected chi connectivity index (χ3v) is 4.00. The summed E-state index contributed by atoms with van der Waals surface area (Å²) in [5.41, 5.74) is 11.7. The summed E-state index contributed by atoms with van der Waals surface area (Å²) < 4.78 is 0. The summed E-state index contributed by atoms with van der Waals surface area (Å²) in [6.07, 6.45) is 3.20. The highest BCUT2D eigenvalue weighted by atomic mass is 35.5. The molecule has 0 aliphatic heterocycles. The van der Waals surface area contributed by atoms with Crippen molar-refractivity contribution in [2.45, 2.75) is 24.7 Å². The molecule has 0 bridgehead atoms. The first kappa shape index (κ1) is 12.5. The predicted octanol–water partition coefficient (Wildman–Crippen LogP) is 2.69. The van der Waals surface area contributed by atoms with Crippen LogP contribution in [0.25, 0.3) is 0 Å². The van der Waals surface area contributed by atoms with Crippen LogP contribution in [0.2, 0.25) is 10.0 Å². The highest BCUT2D eigenvalue weighted by Crippen LogP contribution is 2.49. The molecular formula is C12H15Cl2N3.